The third-order valence-corrected chi connectivity index (χ3v) is 3.91. The van der Waals surface area contributed by atoms with Crippen molar-refractivity contribution < 1.29 is 12.8 Å². The Bertz CT molecular complexity index is 777. The van der Waals surface area contributed by atoms with Crippen molar-refractivity contribution in [3.05, 3.63) is 53.8 Å². The van der Waals surface area contributed by atoms with Crippen LogP contribution in [-0.2, 0) is 10.0 Å². The molecule has 2 aromatic carbocycles. The summed E-state index contributed by atoms with van der Waals surface area (Å²) in [5, 5.41) is 8.91. The van der Waals surface area contributed by atoms with Crippen molar-refractivity contribution in [2.45, 2.75) is 4.90 Å². The zero-order valence-electron chi connectivity index (χ0n) is 10.2. The van der Waals surface area contributed by atoms with Crippen LogP contribution >= 0.6 is 0 Å². The summed E-state index contributed by atoms with van der Waals surface area (Å²) < 4.78 is 39.7. The van der Waals surface area contributed by atoms with Gasteiger partial charge in [0, 0.05) is 5.69 Å². The summed E-state index contributed by atoms with van der Waals surface area (Å²) in [5.41, 5.74) is 5.54. The molecule has 0 unspecified atom stereocenters. The monoisotopic (exact) mass is 291 g/mol. The molecule has 20 heavy (non-hydrogen) atoms. The summed E-state index contributed by atoms with van der Waals surface area (Å²) in [5.74, 6) is -0.656. The molecule has 0 fully saturated rings. The number of rotatable bonds is 3. The zero-order valence-corrected chi connectivity index (χ0v) is 11.0. The van der Waals surface area contributed by atoms with E-state index in [9.17, 15) is 12.8 Å². The van der Waals surface area contributed by atoms with Crippen LogP contribution in [0.15, 0.2) is 47.4 Å². The van der Waals surface area contributed by atoms with Crippen molar-refractivity contribution in [3.8, 4) is 6.07 Å². The fourth-order valence-corrected chi connectivity index (χ4v) is 2.87. The van der Waals surface area contributed by atoms with E-state index in [-0.39, 0.29) is 21.8 Å². The lowest BCUT2D eigenvalue weighted by atomic mass is 10.2. The van der Waals surface area contributed by atoms with E-state index in [1.165, 1.54) is 24.3 Å². The van der Waals surface area contributed by atoms with E-state index in [0.29, 0.717) is 0 Å². The molecule has 0 aliphatic carbocycles. The molecule has 2 rings (SSSR count). The Morgan fingerprint density at radius 1 is 1.20 bits per heavy atom. The molecular formula is C13H10FN3O2S. The van der Waals surface area contributed by atoms with Gasteiger partial charge in [0.2, 0.25) is 0 Å². The predicted molar refractivity (Wildman–Crippen MR) is 72.8 cm³/mol. The highest BCUT2D eigenvalue weighted by Gasteiger charge is 2.18. The molecule has 0 amide bonds. The standard InChI is InChI=1S/C13H10FN3O2S/c14-10-5-11(16)7-12(6-10)17-20(18,19)13-4-2-1-3-9(13)8-15/h1-7,17H,16H2. The Labute approximate surface area is 115 Å². The normalized spacial score (nSPS) is 10.8. The van der Waals surface area contributed by atoms with E-state index >= 15 is 0 Å². The average molecular weight is 291 g/mol. The molecular weight excluding hydrogens is 281 g/mol. The largest absolute Gasteiger partial charge is 0.399 e. The van der Waals surface area contributed by atoms with E-state index in [1.54, 1.807) is 12.1 Å². The van der Waals surface area contributed by atoms with Gasteiger partial charge in [-0.1, -0.05) is 12.1 Å². The molecule has 0 aromatic heterocycles. The number of nitrogens with one attached hydrogen (secondary N) is 1. The fourth-order valence-electron chi connectivity index (χ4n) is 1.67. The number of nitrogens with zero attached hydrogens (tertiary/aromatic N) is 1. The Morgan fingerprint density at radius 3 is 2.55 bits per heavy atom. The summed E-state index contributed by atoms with van der Waals surface area (Å²) in [7, 11) is -3.98. The summed E-state index contributed by atoms with van der Waals surface area (Å²) in [6.45, 7) is 0. The topological polar surface area (TPSA) is 96.0 Å². The van der Waals surface area contributed by atoms with Crippen LogP contribution in [0.25, 0.3) is 0 Å². The minimum Gasteiger partial charge on any atom is -0.399 e. The smallest absolute Gasteiger partial charge is 0.263 e. The maximum absolute atomic E-state index is 13.2. The number of nitriles is 1. The molecule has 7 heteroatoms. The quantitative estimate of drug-likeness (QED) is 0.846. The van der Waals surface area contributed by atoms with E-state index < -0.39 is 15.8 Å². The van der Waals surface area contributed by atoms with Crippen LogP contribution in [0.2, 0.25) is 0 Å². The van der Waals surface area contributed by atoms with Gasteiger partial charge >= 0.3 is 0 Å². The molecule has 0 aliphatic heterocycles. The van der Waals surface area contributed by atoms with Crippen LogP contribution in [0.4, 0.5) is 15.8 Å². The number of hydrogen-bond donors (Lipinski definition) is 2. The van der Waals surface area contributed by atoms with Crippen LogP contribution in [0.3, 0.4) is 0 Å². The SMILES string of the molecule is N#Cc1ccccc1S(=O)(=O)Nc1cc(N)cc(F)c1. The number of nitrogen functional groups attached to an aromatic ring is 1. The van der Waals surface area contributed by atoms with E-state index in [4.69, 9.17) is 11.0 Å². The third kappa shape index (κ3) is 2.87. The summed E-state index contributed by atoms with van der Waals surface area (Å²) in [6, 6.07) is 10.9. The predicted octanol–water partition coefficient (Wildman–Crippen LogP) is 2.08. The van der Waals surface area contributed by atoms with Crippen molar-refractivity contribution in [2.24, 2.45) is 0 Å². The molecule has 2 aromatic rings. The van der Waals surface area contributed by atoms with Crippen LogP contribution in [-0.4, -0.2) is 8.42 Å². The molecule has 3 N–H and O–H groups in total. The van der Waals surface area contributed by atoms with Crippen LogP contribution in [0.5, 0.6) is 0 Å². The third-order valence-electron chi connectivity index (χ3n) is 2.47. The van der Waals surface area contributed by atoms with Gasteiger partial charge < -0.3 is 5.73 Å². The number of anilines is 2. The number of nitrogens with two attached hydrogens (primary N) is 1. The zero-order chi connectivity index (χ0) is 14.8. The highest BCUT2D eigenvalue weighted by molar-refractivity contribution is 7.92. The Balaban J connectivity index is 2.44. The van der Waals surface area contributed by atoms with Crippen molar-refractivity contribution >= 4 is 21.4 Å². The number of hydrogen-bond acceptors (Lipinski definition) is 4. The lowest BCUT2D eigenvalue weighted by molar-refractivity contribution is 0.601. The fraction of sp³-hybridized carbons (Fsp3) is 0. The maximum Gasteiger partial charge on any atom is 0.263 e. The van der Waals surface area contributed by atoms with Crippen LogP contribution < -0.4 is 10.5 Å². The van der Waals surface area contributed by atoms with Crippen LogP contribution in [0.1, 0.15) is 5.56 Å². The highest BCUT2D eigenvalue weighted by Crippen LogP contribution is 2.21. The molecule has 0 atom stereocenters. The first-order chi connectivity index (χ1) is 9.42. The van der Waals surface area contributed by atoms with Gasteiger partial charge in [-0.25, -0.2) is 12.8 Å². The molecule has 0 radical (unpaired) electrons. The van der Waals surface area contributed by atoms with Crippen molar-refractivity contribution in [2.75, 3.05) is 10.5 Å². The Hall–Kier alpha value is -2.59. The lowest BCUT2D eigenvalue weighted by Crippen LogP contribution is -2.14. The van der Waals surface area contributed by atoms with E-state index in [1.807, 2.05) is 0 Å². The molecule has 0 saturated heterocycles. The number of halogens is 1. The second-order valence-corrected chi connectivity index (χ2v) is 5.64. The first kappa shape index (κ1) is 13.8. The number of sulfonamides is 1. The summed E-state index contributed by atoms with van der Waals surface area (Å²) in [6.07, 6.45) is 0. The van der Waals surface area contributed by atoms with E-state index in [0.717, 1.165) is 12.1 Å². The first-order valence-corrected chi connectivity index (χ1v) is 6.99. The van der Waals surface area contributed by atoms with Gasteiger partial charge in [-0.3, -0.25) is 4.72 Å². The Morgan fingerprint density at radius 2 is 1.90 bits per heavy atom. The molecule has 0 heterocycles. The highest BCUT2D eigenvalue weighted by atomic mass is 32.2. The maximum atomic E-state index is 13.2. The van der Waals surface area contributed by atoms with Crippen molar-refractivity contribution in [1.29, 1.82) is 5.26 Å². The van der Waals surface area contributed by atoms with Gasteiger partial charge in [0.05, 0.1) is 11.3 Å². The van der Waals surface area contributed by atoms with Gasteiger partial charge in [-0.2, -0.15) is 5.26 Å². The van der Waals surface area contributed by atoms with E-state index in [2.05, 4.69) is 4.72 Å². The van der Waals surface area contributed by atoms with Crippen molar-refractivity contribution in [1.82, 2.24) is 0 Å². The van der Waals surface area contributed by atoms with Gasteiger partial charge in [-0.05, 0) is 30.3 Å². The molecule has 102 valence electrons. The van der Waals surface area contributed by atoms with Gasteiger partial charge in [0.25, 0.3) is 10.0 Å². The number of benzene rings is 2. The van der Waals surface area contributed by atoms with Gasteiger partial charge in [0.15, 0.2) is 0 Å². The van der Waals surface area contributed by atoms with Gasteiger partial charge in [-0.15, -0.1) is 0 Å². The molecule has 0 saturated carbocycles. The average Bonchev–Trinajstić information content (AvgIpc) is 2.36. The van der Waals surface area contributed by atoms with Crippen molar-refractivity contribution in [3.63, 3.8) is 0 Å². The minimum atomic E-state index is -3.98. The second kappa shape index (κ2) is 5.19. The molecule has 0 bridgehead atoms. The summed E-state index contributed by atoms with van der Waals surface area (Å²) >= 11 is 0. The second-order valence-electron chi connectivity index (χ2n) is 3.99. The lowest BCUT2D eigenvalue weighted by Gasteiger charge is -2.10. The Kier molecular flexibility index (Phi) is 3.59. The van der Waals surface area contributed by atoms with Crippen LogP contribution in [0, 0.1) is 17.1 Å². The minimum absolute atomic E-state index is 0.00405. The van der Waals surface area contributed by atoms with Gasteiger partial charge in [0.1, 0.15) is 16.8 Å². The molecule has 0 aliphatic rings. The molecule has 0 spiro atoms. The molecule has 5 nitrogen and oxygen atoms in total. The summed E-state index contributed by atoms with van der Waals surface area (Å²) in [4.78, 5) is -0.176. The first-order valence-electron chi connectivity index (χ1n) is 5.50.